The number of benzene rings is 1. The van der Waals surface area contributed by atoms with E-state index in [1.165, 1.54) is 0 Å². The monoisotopic (exact) mass is 344 g/mol. The zero-order valence-corrected chi connectivity index (χ0v) is 15.6. The molecule has 5 heteroatoms. The van der Waals surface area contributed by atoms with Crippen LogP contribution < -0.4 is 5.32 Å². The van der Waals surface area contributed by atoms with Gasteiger partial charge in [-0.05, 0) is 44.4 Å². The first-order chi connectivity index (χ1) is 11.9. The number of carbonyl (C=O) groups excluding carboxylic acids is 1. The SMILES string of the molecule is CCCCCc1c(NC(=O)CC)c2cc(C)c(C(=O)O)cc2n1CC. The zero-order chi connectivity index (χ0) is 18.6. The molecular formula is C20H28N2O3. The number of carbonyl (C=O) groups is 2. The van der Waals surface area contributed by atoms with Gasteiger partial charge in [0.05, 0.1) is 16.8 Å². The quantitative estimate of drug-likeness (QED) is 0.679. The van der Waals surface area contributed by atoms with Crippen LogP contribution in [0.2, 0.25) is 0 Å². The molecule has 2 N–H and O–H groups in total. The van der Waals surface area contributed by atoms with Crippen molar-refractivity contribution in [2.75, 3.05) is 5.32 Å². The fraction of sp³-hybridized carbons (Fsp3) is 0.500. The number of hydrogen-bond donors (Lipinski definition) is 2. The van der Waals surface area contributed by atoms with Gasteiger partial charge in [0.1, 0.15) is 0 Å². The summed E-state index contributed by atoms with van der Waals surface area (Å²) in [6.07, 6.45) is 4.60. The minimum absolute atomic E-state index is 0.0214. The number of carboxylic acid groups (broad SMARTS) is 1. The fourth-order valence-corrected chi connectivity index (χ4v) is 3.32. The summed E-state index contributed by atoms with van der Waals surface area (Å²) in [5, 5.41) is 13.4. The Morgan fingerprint density at radius 2 is 1.88 bits per heavy atom. The predicted octanol–water partition coefficient (Wildman–Crippen LogP) is 4.75. The summed E-state index contributed by atoms with van der Waals surface area (Å²) in [7, 11) is 0. The Kier molecular flexibility index (Phi) is 6.23. The molecular weight excluding hydrogens is 316 g/mol. The van der Waals surface area contributed by atoms with Gasteiger partial charge in [0.15, 0.2) is 0 Å². The number of rotatable bonds is 8. The minimum atomic E-state index is -0.921. The number of nitrogens with one attached hydrogen (secondary N) is 1. The number of amides is 1. The molecule has 0 fully saturated rings. The number of hydrogen-bond acceptors (Lipinski definition) is 2. The van der Waals surface area contributed by atoms with Gasteiger partial charge in [0.2, 0.25) is 5.91 Å². The fourth-order valence-electron chi connectivity index (χ4n) is 3.32. The van der Waals surface area contributed by atoms with E-state index in [-0.39, 0.29) is 5.91 Å². The molecule has 1 amide bonds. The second-order valence-corrected chi connectivity index (χ2v) is 6.41. The molecule has 0 radical (unpaired) electrons. The Labute approximate surface area is 149 Å². The van der Waals surface area contributed by atoms with E-state index in [2.05, 4.69) is 23.7 Å². The molecule has 0 atom stereocenters. The van der Waals surface area contributed by atoms with Gasteiger partial charge >= 0.3 is 5.97 Å². The third-order valence-electron chi connectivity index (χ3n) is 4.67. The van der Waals surface area contributed by atoms with E-state index in [1.54, 1.807) is 13.0 Å². The van der Waals surface area contributed by atoms with Gasteiger partial charge < -0.3 is 15.0 Å². The molecule has 0 aliphatic rings. The summed E-state index contributed by atoms with van der Waals surface area (Å²) in [6.45, 7) is 8.58. The first kappa shape index (κ1) is 19.0. The van der Waals surface area contributed by atoms with Crippen LogP contribution in [0.5, 0.6) is 0 Å². The number of aromatic carboxylic acids is 1. The van der Waals surface area contributed by atoms with E-state index in [0.717, 1.165) is 54.5 Å². The van der Waals surface area contributed by atoms with E-state index < -0.39 is 5.97 Å². The van der Waals surface area contributed by atoms with Gasteiger partial charge in [-0.3, -0.25) is 4.79 Å². The average Bonchev–Trinajstić information content (AvgIpc) is 2.86. The van der Waals surface area contributed by atoms with Gasteiger partial charge in [-0.15, -0.1) is 0 Å². The Morgan fingerprint density at radius 3 is 2.44 bits per heavy atom. The maximum absolute atomic E-state index is 12.1. The molecule has 0 unspecified atom stereocenters. The lowest BCUT2D eigenvalue weighted by atomic mass is 10.0. The molecule has 136 valence electrons. The highest BCUT2D eigenvalue weighted by atomic mass is 16.4. The summed E-state index contributed by atoms with van der Waals surface area (Å²) in [4.78, 5) is 23.6. The van der Waals surface area contributed by atoms with Crippen LogP contribution in [0.15, 0.2) is 12.1 Å². The van der Waals surface area contributed by atoms with E-state index in [1.807, 2.05) is 13.0 Å². The van der Waals surface area contributed by atoms with Crippen LogP contribution in [-0.2, 0) is 17.8 Å². The number of unbranched alkanes of at least 4 members (excludes halogenated alkanes) is 2. The Hall–Kier alpha value is -2.30. The molecule has 0 aliphatic heterocycles. The van der Waals surface area contributed by atoms with Crippen LogP contribution in [0.1, 0.15) is 68.1 Å². The lowest BCUT2D eigenvalue weighted by Gasteiger charge is -2.11. The summed E-state index contributed by atoms with van der Waals surface area (Å²) >= 11 is 0. The maximum atomic E-state index is 12.1. The highest BCUT2D eigenvalue weighted by Gasteiger charge is 2.20. The molecule has 0 bridgehead atoms. The number of fused-ring (bicyclic) bond motifs is 1. The van der Waals surface area contributed by atoms with Crippen molar-refractivity contribution in [3.8, 4) is 0 Å². The van der Waals surface area contributed by atoms with E-state index in [9.17, 15) is 14.7 Å². The lowest BCUT2D eigenvalue weighted by molar-refractivity contribution is -0.115. The third kappa shape index (κ3) is 3.86. The van der Waals surface area contributed by atoms with E-state index in [4.69, 9.17) is 0 Å². The van der Waals surface area contributed by atoms with Crippen LogP contribution in [-0.4, -0.2) is 21.6 Å². The molecule has 2 aromatic rings. The van der Waals surface area contributed by atoms with Gasteiger partial charge in [0.25, 0.3) is 0 Å². The molecule has 2 rings (SSSR count). The van der Waals surface area contributed by atoms with Gasteiger partial charge in [-0.2, -0.15) is 0 Å². The molecule has 25 heavy (non-hydrogen) atoms. The smallest absolute Gasteiger partial charge is 0.336 e. The molecule has 5 nitrogen and oxygen atoms in total. The lowest BCUT2D eigenvalue weighted by Crippen LogP contribution is -2.12. The normalized spacial score (nSPS) is 11.0. The molecule has 0 saturated heterocycles. The van der Waals surface area contributed by atoms with Gasteiger partial charge in [0, 0.05) is 24.0 Å². The van der Waals surface area contributed by atoms with Crippen LogP contribution in [0, 0.1) is 6.92 Å². The molecule has 1 aromatic carbocycles. The van der Waals surface area contributed by atoms with Crippen molar-refractivity contribution in [3.63, 3.8) is 0 Å². The summed E-state index contributed by atoms with van der Waals surface area (Å²) in [6, 6.07) is 3.63. The molecule has 0 spiro atoms. The van der Waals surface area contributed by atoms with E-state index in [0.29, 0.717) is 17.5 Å². The minimum Gasteiger partial charge on any atom is -0.478 e. The maximum Gasteiger partial charge on any atom is 0.336 e. The first-order valence-electron chi connectivity index (χ1n) is 9.13. The van der Waals surface area contributed by atoms with Crippen molar-refractivity contribution in [1.29, 1.82) is 0 Å². The van der Waals surface area contributed by atoms with Crippen molar-refractivity contribution in [2.24, 2.45) is 0 Å². The Morgan fingerprint density at radius 1 is 1.16 bits per heavy atom. The summed E-state index contributed by atoms with van der Waals surface area (Å²) in [5.74, 6) is -0.943. The van der Waals surface area contributed by atoms with Crippen LogP contribution in [0.4, 0.5) is 5.69 Å². The number of nitrogens with zero attached hydrogens (tertiary/aromatic N) is 1. The number of carboxylic acids is 1. The highest BCUT2D eigenvalue weighted by molar-refractivity contribution is 6.06. The Bertz CT molecular complexity index is 790. The predicted molar refractivity (Wildman–Crippen MR) is 101 cm³/mol. The standard InChI is InChI=1S/C20H28N2O3/c1-5-8-9-10-16-19(21-18(23)6-2)15-11-13(4)14(20(24)25)12-17(15)22(16)7-3/h11-12H,5-10H2,1-4H3,(H,21,23)(H,24,25). The Balaban J connectivity index is 2.69. The van der Waals surface area contributed by atoms with Crippen LogP contribution >= 0.6 is 0 Å². The number of anilines is 1. The average molecular weight is 344 g/mol. The molecule has 0 saturated carbocycles. The summed E-state index contributed by atoms with van der Waals surface area (Å²) in [5.41, 5.74) is 3.84. The number of aryl methyl sites for hydroxylation is 2. The van der Waals surface area contributed by atoms with Gasteiger partial charge in [-0.1, -0.05) is 26.7 Å². The first-order valence-corrected chi connectivity index (χ1v) is 9.13. The topological polar surface area (TPSA) is 71.3 Å². The summed E-state index contributed by atoms with van der Waals surface area (Å²) < 4.78 is 2.14. The third-order valence-corrected chi connectivity index (χ3v) is 4.67. The molecule has 1 aromatic heterocycles. The highest BCUT2D eigenvalue weighted by Crippen LogP contribution is 2.34. The second kappa shape index (κ2) is 8.19. The van der Waals surface area contributed by atoms with Crippen LogP contribution in [0.25, 0.3) is 10.9 Å². The van der Waals surface area contributed by atoms with Crippen LogP contribution in [0.3, 0.4) is 0 Å². The van der Waals surface area contributed by atoms with Gasteiger partial charge in [-0.25, -0.2) is 4.79 Å². The van der Waals surface area contributed by atoms with Crippen molar-refractivity contribution < 1.29 is 14.7 Å². The van der Waals surface area contributed by atoms with Crippen molar-refractivity contribution in [3.05, 3.63) is 29.0 Å². The zero-order valence-electron chi connectivity index (χ0n) is 15.6. The van der Waals surface area contributed by atoms with Crippen molar-refractivity contribution >= 4 is 28.5 Å². The molecule has 1 heterocycles. The number of aromatic nitrogens is 1. The molecule has 0 aliphatic carbocycles. The van der Waals surface area contributed by atoms with E-state index >= 15 is 0 Å². The van der Waals surface area contributed by atoms with Crippen molar-refractivity contribution in [2.45, 2.75) is 66.3 Å². The van der Waals surface area contributed by atoms with Crippen molar-refractivity contribution in [1.82, 2.24) is 4.57 Å². The largest absolute Gasteiger partial charge is 0.478 e. The second-order valence-electron chi connectivity index (χ2n) is 6.41.